The Hall–Kier alpha value is -0.960. The van der Waals surface area contributed by atoms with Crippen LogP contribution in [-0.4, -0.2) is 6.54 Å². The van der Waals surface area contributed by atoms with Crippen LogP contribution in [0.15, 0.2) is 18.2 Å². The lowest BCUT2D eigenvalue weighted by atomic mass is 9.72. The quantitative estimate of drug-likeness (QED) is 0.799. The van der Waals surface area contributed by atoms with E-state index in [-0.39, 0.29) is 6.04 Å². The number of hydrogen-bond acceptors (Lipinski definition) is 1. The van der Waals surface area contributed by atoms with Crippen molar-refractivity contribution >= 4 is 0 Å². The molecule has 0 spiro atoms. The number of halogens is 2. The van der Waals surface area contributed by atoms with Gasteiger partial charge in [0, 0.05) is 17.7 Å². The number of hydrogen-bond donors (Lipinski definition) is 1. The summed E-state index contributed by atoms with van der Waals surface area (Å²) in [6.07, 6.45) is 4.49. The van der Waals surface area contributed by atoms with Crippen molar-refractivity contribution in [3.05, 3.63) is 35.4 Å². The third-order valence-electron chi connectivity index (χ3n) is 4.60. The van der Waals surface area contributed by atoms with Gasteiger partial charge >= 0.3 is 0 Å². The first kappa shape index (κ1) is 16.4. The van der Waals surface area contributed by atoms with Gasteiger partial charge in [-0.3, -0.25) is 0 Å². The molecule has 0 aromatic heterocycles. The molecule has 1 saturated carbocycles. The predicted molar refractivity (Wildman–Crippen MR) is 83.1 cm³/mol. The molecule has 1 aromatic carbocycles. The monoisotopic (exact) mass is 295 g/mol. The smallest absolute Gasteiger partial charge is 0.130 e. The molecule has 0 bridgehead atoms. The molecule has 0 heterocycles. The molecule has 1 aliphatic carbocycles. The van der Waals surface area contributed by atoms with Gasteiger partial charge in [0.2, 0.25) is 0 Å². The van der Waals surface area contributed by atoms with Crippen LogP contribution < -0.4 is 5.32 Å². The number of rotatable bonds is 5. The fourth-order valence-electron chi connectivity index (χ4n) is 3.87. The second-order valence-corrected chi connectivity index (χ2v) is 6.78. The average molecular weight is 295 g/mol. The maximum Gasteiger partial charge on any atom is 0.130 e. The molecule has 1 nitrogen and oxygen atoms in total. The molecule has 118 valence electrons. The molecule has 1 N–H and O–H groups in total. The first-order valence-electron chi connectivity index (χ1n) is 8.19. The summed E-state index contributed by atoms with van der Waals surface area (Å²) >= 11 is 0. The Kier molecular flexibility index (Phi) is 5.74. The van der Waals surface area contributed by atoms with Crippen LogP contribution in [0.4, 0.5) is 8.78 Å². The largest absolute Gasteiger partial charge is 0.310 e. The summed E-state index contributed by atoms with van der Waals surface area (Å²) in [6.45, 7) is 7.53. The lowest BCUT2D eigenvalue weighted by Crippen LogP contribution is -2.34. The summed E-state index contributed by atoms with van der Waals surface area (Å²) in [4.78, 5) is 0. The van der Waals surface area contributed by atoms with Crippen LogP contribution in [0.5, 0.6) is 0 Å². The summed E-state index contributed by atoms with van der Waals surface area (Å²) in [6, 6.07) is 3.98. The van der Waals surface area contributed by atoms with Gasteiger partial charge in [-0.25, -0.2) is 8.78 Å². The maximum absolute atomic E-state index is 14.2. The highest BCUT2D eigenvalue weighted by molar-refractivity contribution is 5.23. The van der Waals surface area contributed by atoms with Crippen molar-refractivity contribution in [3.63, 3.8) is 0 Å². The van der Waals surface area contributed by atoms with Crippen molar-refractivity contribution in [2.45, 2.75) is 52.5 Å². The van der Waals surface area contributed by atoms with Gasteiger partial charge in [0.05, 0.1) is 0 Å². The SMILES string of the molecule is CCCNC(c1ccc(F)cc1F)C1CC(C)CC(C)C1. The zero-order chi connectivity index (χ0) is 15.4. The fourth-order valence-corrected chi connectivity index (χ4v) is 3.87. The summed E-state index contributed by atoms with van der Waals surface area (Å²) in [5.41, 5.74) is 0.621. The molecule has 21 heavy (non-hydrogen) atoms. The van der Waals surface area contributed by atoms with E-state index < -0.39 is 11.6 Å². The van der Waals surface area contributed by atoms with Crippen molar-refractivity contribution in [2.75, 3.05) is 6.54 Å². The minimum absolute atomic E-state index is 0.00394. The molecule has 1 aliphatic rings. The molecule has 1 aromatic rings. The molecule has 0 radical (unpaired) electrons. The second kappa shape index (κ2) is 7.35. The van der Waals surface area contributed by atoms with Crippen LogP contribution in [0.3, 0.4) is 0 Å². The van der Waals surface area contributed by atoms with Crippen molar-refractivity contribution in [1.82, 2.24) is 5.32 Å². The van der Waals surface area contributed by atoms with Gasteiger partial charge in [-0.2, -0.15) is 0 Å². The van der Waals surface area contributed by atoms with Crippen molar-refractivity contribution < 1.29 is 8.78 Å². The zero-order valence-corrected chi connectivity index (χ0v) is 13.3. The van der Waals surface area contributed by atoms with Crippen LogP contribution >= 0.6 is 0 Å². The molecular weight excluding hydrogens is 268 g/mol. The third kappa shape index (κ3) is 4.26. The molecule has 3 atom stereocenters. The van der Waals surface area contributed by atoms with Crippen molar-refractivity contribution in [2.24, 2.45) is 17.8 Å². The van der Waals surface area contributed by atoms with E-state index in [2.05, 4.69) is 26.1 Å². The van der Waals surface area contributed by atoms with E-state index >= 15 is 0 Å². The van der Waals surface area contributed by atoms with E-state index in [1.54, 1.807) is 6.07 Å². The Balaban J connectivity index is 2.24. The van der Waals surface area contributed by atoms with E-state index in [0.717, 1.165) is 31.9 Å². The van der Waals surface area contributed by atoms with Gasteiger partial charge in [-0.1, -0.05) is 26.8 Å². The summed E-state index contributed by atoms with van der Waals surface area (Å²) < 4.78 is 27.4. The Morgan fingerprint density at radius 3 is 2.38 bits per heavy atom. The third-order valence-corrected chi connectivity index (χ3v) is 4.60. The Morgan fingerprint density at radius 2 is 1.81 bits per heavy atom. The fraction of sp³-hybridized carbons (Fsp3) is 0.667. The van der Waals surface area contributed by atoms with E-state index in [9.17, 15) is 8.78 Å². The van der Waals surface area contributed by atoms with Crippen LogP contribution in [0.25, 0.3) is 0 Å². The zero-order valence-electron chi connectivity index (χ0n) is 13.3. The molecule has 0 saturated heterocycles. The minimum atomic E-state index is -0.504. The van der Waals surface area contributed by atoms with Crippen LogP contribution in [-0.2, 0) is 0 Å². The van der Waals surface area contributed by atoms with E-state index in [1.165, 1.54) is 12.5 Å². The van der Waals surface area contributed by atoms with E-state index in [0.29, 0.717) is 23.3 Å². The van der Waals surface area contributed by atoms with Gasteiger partial charge in [-0.15, -0.1) is 0 Å². The van der Waals surface area contributed by atoms with Gasteiger partial charge in [0.1, 0.15) is 11.6 Å². The van der Waals surface area contributed by atoms with Gasteiger partial charge < -0.3 is 5.32 Å². The van der Waals surface area contributed by atoms with Crippen LogP contribution in [0.2, 0.25) is 0 Å². The molecule has 3 heteroatoms. The summed E-state index contributed by atoms with van der Waals surface area (Å²) in [5, 5.41) is 3.49. The highest BCUT2D eigenvalue weighted by atomic mass is 19.1. The Labute approximate surface area is 127 Å². The topological polar surface area (TPSA) is 12.0 Å². The second-order valence-electron chi connectivity index (χ2n) is 6.78. The maximum atomic E-state index is 14.2. The van der Waals surface area contributed by atoms with Gasteiger partial charge in [-0.05, 0) is 56.0 Å². The molecule has 3 unspecified atom stereocenters. The average Bonchev–Trinajstić information content (AvgIpc) is 2.40. The standard InChI is InChI=1S/C18H27F2N/c1-4-7-21-18(14-9-12(2)8-13(3)10-14)16-6-5-15(19)11-17(16)20/h5-6,11-14,18,21H,4,7-10H2,1-3H3. The first-order valence-corrected chi connectivity index (χ1v) is 8.19. The van der Waals surface area contributed by atoms with Crippen LogP contribution in [0.1, 0.15) is 58.1 Å². The van der Waals surface area contributed by atoms with Gasteiger partial charge in [0.15, 0.2) is 0 Å². The highest BCUT2D eigenvalue weighted by Crippen LogP contribution is 2.40. The molecular formula is C18H27F2N. The molecule has 2 rings (SSSR count). The molecule has 0 amide bonds. The van der Waals surface area contributed by atoms with Gasteiger partial charge in [0.25, 0.3) is 0 Å². The molecule has 1 fully saturated rings. The Bertz CT molecular complexity index is 451. The van der Waals surface area contributed by atoms with Crippen molar-refractivity contribution in [3.8, 4) is 0 Å². The van der Waals surface area contributed by atoms with E-state index in [1.807, 2.05) is 0 Å². The van der Waals surface area contributed by atoms with Crippen molar-refractivity contribution in [1.29, 1.82) is 0 Å². The minimum Gasteiger partial charge on any atom is -0.310 e. The lowest BCUT2D eigenvalue weighted by Gasteiger charge is -2.37. The highest BCUT2D eigenvalue weighted by Gasteiger charge is 2.31. The normalized spacial score (nSPS) is 27.6. The Morgan fingerprint density at radius 1 is 1.14 bits per heavy atom. The first-order chi connectivity index (χ1) is 10.0. The lowest BCUT2D eigenvalue weighted by molar-refractivity contribution is 0.174. The summed E-state index contributed by atoms with van der Waals surface area (Å²) in [7, 11) is 0. The van der Waals surface area contributed by atoms with E-state index in [4.69, 9.17) is 0 Å². The summed E-state index contributed by atoms with van der Waals surface area (Å²) in [5.74, 6) is 0.849. The number of nitrogens with one attached hydrogen (secondary N) is 1. The number of benzene rings is 1. The predicted octanol–water partition coefficient (Wildman–Crippen LogP) is 5.08. The molecule has 0 aliphatic heterocycles. The van der Waals surface area contributed by atoms with Crippen LogP contribution in [0, 0.1) is 29.4 Å².